The first-order valence-corrected chi connectivity index (χ1v) is 15.8. The first kappa shape index (κ1) is 34.4. The molecule has 2 amide bonds. The number of amides is 2. The lowest BCUT2D eigenvalue weighted by atomic mass is 10.0. The van der Waals surface area contributed by atoms with Crippen LogP contribution in [-0.2, 0) is 26.7 Å². The van der Waals surface area contributed by atoms with E-state index < -0.39 is 41.3 Å². The van der Waals surface area contributed by atoms with Crippen molar-refractivity contribution in [2.75, 3.05) is 43.1 Å². The van der Waals surface area contributed by atoms with Gasteiger partial charge in [-0.15, -0.1) is 11.3 Å². The van der Waals surface area contributed by atoms with Crippen LogP contribution in [0, 0.1) is 0 Å². The van der Waals surface area contributed by atoms with Gasteiger partial charge >= 0.3 is 18.3 Å². The van der Waals surface area contributed by atoms with Gasteiger partial charge in [-0.1, -0.05) is 24.0 Å². The van der Waals surface area contributed by atoms with Gasteiger partial charge in [0, 0.05) is 36.6 Å². The fraction of sp³-hybridized carbons (Fsp3) is 0.267. The van der Waals surface area contributed by atoms with Gasteiger partial charge in [0.05, 0.1) is 40.5 Å². The van der Waals surface area contributed by atoms with Crippen molar-refractivity contribution in [3.05, 3.63) is 74.3 Å². The van der Waals surface area contributed by atoms with Crippen molar-refractivity contribution < 1.29 is 50.6 Å². The van der Waals surface area contributed by atoms with Crippen LogP contribution in [0.1, 0.15) is 32.8 Å². The van der Waals surface area contributed by atoms with Gasteiger partial charge in [-0.3, -0.25) is 14.5 Å². The SMILES string of the molecule is O=C(CCN1C(=O)C(=Cc2cc(-c3cc(C(F)(F)F)cc(C(F)(F)F)c3)cs2)SC1=S)Nc1ccc(N2CCOCC2)c(C(=O)O)c1. The van der Waals surface area contributed by atoms with Crippen LogP contribution >= 0.6 is 35.3 Å². The summed E-state index contributed by atoms with van der Waals surface area (Å²) in [6, 6.07) is 7.23. The number of halogens is 6. The van der Waals surface area contributed by atoms with E-state index in [9.17, 15) is 45.8 Å². The van der Waals surface area contributed by atoms with Gasteiger partial charge in [-0.05, 0) is 65.0 Å². The number of carbonyl (C=O) groups excluding carboxylic acids is 2. The van der Waals surface area contributed by atoms with E-state index in [-0.39, 0.29) is 50.6 Å². The third kappa shape index (κ3) is 8.14. The summed E-state index contributed by atoms with van der Waals surface area (Å²) in [5, 5.41) is 13.7. The van der Waals surface area contributed by atoms with Gasteiger partial charge < -0.3 is 20.1 Å². The lowest BCUT2D eigenvalue weighted by Crippen LogP contribution is -2.37. The average Bonchev–Trinajstić information content (AvgIpc) is 3.58. The number of carboxylic acids is 1. The topological polar surface area (TPSA) is 99.2 Å². The number of morpholine rings is 1. The number of nitrogens with zero attached hydrogens (tertiary/aromatic N) is 2. The smallest absolute Gasteiger partial charge is 0.416 e. The first-order valence-electron chi connectivity index (χ1n) is 13.7. The highest BCUT2D eigenvalue weighted by Gasteiger charge is 2.37. The Bertz CT molecular complexity index is 1730. The Morgan fingerprint density at radius 2 is 1.64 bits per heavy atom. The Hall–Kier alpha value is -3.93. The molecule has 0 saturated carbocycles. The van der Waals surface area contributed by atoms with E-state index in [0.717, 1.165) is 23.1 Å². The fourth-order valence-electron chi connectivity index (χ4n) is 4.83. The molecule has 0 spiro atoms. The molecular formula is C30H23F6N3O5S3. The van der Waals surface area contributed by atoms with Crippen molar-refractivity contribution >= 4 is 74.9 Å². The molecule has 2 saturated heterocycles. The third-order valence-corrected chi connectivity index (χ3v) is 9.37. The second-order valence-corrected chi connectivity index (χ2v) is 12.9. The van der Waals surface area contributed by atoms with Crippen LogP contribution in [0.4, 0.5) is 37.7 Å². The number of thioether (sulfide) groups is 1. The quantitative estimate of drug-likeness (QED) is 0.143. The number of thiocarbonyl (C=S) groups is 1. The second-order valence-electron chi connectivity index (χ2n) is 10.3. The number of thiophene rings is 1. The van der Waals surface area contributed by atoms with E-state index in [0.29, 0.717) is 49.0 Å². The largest absolute Gasteiger partial charge is 0.478 e. The number of nitrogens with one attached hydrogen (secondary N) is 1. The third-order valence-electron chi connectivity index (χ3n) is 7.11. The van der Waals surface area contributed by atoms with E-state index in [1.54, 1.807) is 12.1 Å². The van der Waals surface area contributed by atoms with Crippen molar-refractivity contribution in [1.29, 1.82) is 0 Å². The number of benzene rings is 2. The van der Waals surface area contributed by atoms with Crippen molar-refractivity contribution in [3.63, 3.8) is 0 Å². The molecule has 0 aliphatic carbocycles. The molecule has 0 unspecified atom stereocenters. The van der Waals surface area contributed by atoms with Gasteiger partial charge in [-0.25, -0.2) is 4.79 Å². The van der Waals surface area contributed by atoms with Gasteiger partial charge in [0.15, 0.2) is 0 Å². The summed E-state index contributed by atoms with van der Waals surface area (Å²) in [5.74, 6) is -2.18. The number of anilines is 2. The lowest BCUT2D eigenvalue weighted by Gasteiger charge is -2.30. The zero-order valence-electron chi connectivity index (χ0n) is 23.9. The molecule has 2 aromatic carbocycles. The maximum Gasteiger partial charge on any atom is 0.416 e. The predicted octanol–water partition coefficient (Wildman–Crippen LogP) is 7.22. The molecule has 0 radical (unpaired) electrons. The number of alkyl halides is 6. The molecule has 0 atom stereocenters. The number of hydrogen-bond donors (Lipinski definition) is 2. The summed E-state index contributed by atoms with van der Waals surface area (Å²) in [4.78, 5) is 41.3. The fourth-order valence-corrected chi connectivity index (χ4v) is 7.05. The Morgan fingerprint density at radius 3 is 2.26 bits per heavy atom. The summed E-state index contributed by atoms with van der Waals surface area (Å²) in [6.07, 6.45) is -8.73. The molecule has 47 heavy (non-hydrogen) atoms. The molecule has 17 heteroatoms. The molecule has 5 rings (SSSR count). The monoisotopic (exact) mass is 715 g/mol. The molecule has 8 nitrogen and oxygen atoms in total. The maximum atomic E-state index is 13.3. The standard InChI is InChI=1S/C30H23F6N3O5S3/c31-29(32,33)18-9-16(10-19(12-18)30(34,35)36)17-11-21(46-15-17)14-24-26(41)39(28(45)47-24)4-3-25(40)37-20-1-2-23(22(13-20)27(42)43)38-5-7-44-8-6-38/h1-2,9-15H,3-8H2,(H,37,40)(H,42,43). The van der Waals surface area contributed by atoms with Crippen molar-refractivity contribution in [2.45, 2.75) is 18.8 Å². The molecule has 3 aromatic rings. The Morgan fingerprint density at radius 1 is 0.979 bits per heavy atom. The van der Waals surface area contributed by atoms with Crippen LogP contribution in [0.5, 0.6) is 0 Å². The molecule has 2 N–H and O–H groups in total. The van der Waals surface area contributed by atoms with Gasteiger partial charge in [0.2, 0.25) is 5.91 Å². The van der Waals surface area contributed by atoms with Crippen LogP contribution < -0.4 is 10.2 Å². The minimum atomic E-state index is -4.99. The van der Waals surface area contributed by atoms with E-state index in [4.69, 9.17) is 17.0 Å². The number of hydrogen-bond acceptors (Lipinski definition) is 8. The van der Waals surface area contributed by atoms with Crippen LogP contribution in [-0.4, -0.2) is 65.0 Å². The molecule has 0 bridgehead atoms. The minimum absolute atomic E-state index is 0.0114. The number of carboxylic acid groups (broad SMARTS) is 1. The zero-order chi connectivity index (χ0) is 34.1. The number of ether oxygens (including phenoxy) is 1. The van der Waals surface area contributed by atoms with Crippen LogP contribution in [0.2, 0.25) is 0 Å². The Kier molecular flexibility index (Phi) is 10.0. The summed E-state index contributed by atoms with van der Waals surface area (Å²) < 4.78 is 85.3. The molecular weight excluding hydrogens is 693 g/mol. The van der Waals surface area contributed by atoms with Crippen LogP contribution in [0.3, 0.4) is 0 Å². The predicted molar refractivity (Wildman–Crippen MR) is 169 cm³/mol. The molecule has 1 aromatic heterocycles. The lowest BCUT2D eigenvalue weighted by molar-refractivity contribution is -0.143. The maximum absolute atomic E-state index is 13.3. The number of rotatable bonds is 8. The van der Waals surface area contributed by atoms with Crippen molar-refractivity contribution in [1.82, 2.24) is 4.90 Å². The van der Waals surface area contributed by atoms with Crippen molar-refractivity contribution in [3.8, 4) is 11.1 Å². The van der Waals surface area contributed by atoms with Gasteiger partial charge in [0.25, 0.3) is 5.91 Å². The van der Waals surface area contributed by atoms with Crippen LogP contribution in [0.25, 0.3) is 17.2 Å². The number of aromatic carboxylic acids is 1. The van der Waals surface area contributed by atoms with E-state index in [1.807, 2.05) is 4.90 Å². The van der Waals surface area contributed by atoms with Gasteiger partial charge in [0.1, 0.15) is 4.32 Å². The molecule has 248 valence electrons. The summed E-state index contributed by atoms with van der Waals surface area (Å²) in [6.45, 7) is 1.88. The summed E-state index contributed by atoms with van der Waals surface area (Å²) >= 11 is 7.25. The zero-order valence-corrected chi connectivity index (χ0v) is 26.4. The van der Waals surface area contributed by atoms with Gasteiger partial charge in [-0.2, -0.15) is 26.3 Å². The summed E-state index contributed by atoms with van der Waals surface area (Å²) in [5.41, 5.74) is -2.29. The normalized spacial score (nSPS) is 16.7. The highest BCUT2D eigenvalue weighted by atomic mass is 32.2. The first-order chi connectivity index (χ1) is 22.1. The number of carbonyl (C=O) groups is 3. The molecule has 2 aliphatic heterocycles. The Labute approximate surface area is 277 Å². The second kappa shape index (κ2) is 13.7. The van der Waals surface area contributed by atoms with E-state index >= 15 is 0 Å². The average molecular weight is 716 g/mol. The molecule has 2 fully saturated rings. The van der Waals surface area contributed by atoms with E-state index in [1.165, 1.54) is 28.5 Å². The highest BCUT2D eigenvalue weighted by Crippen LogP contribution is 2.40. The highest BCUT2D eigenvalue weighted by molar-refractivity contribution is 8.26. The Balaban J connectivity index is 1.24. The molecule has 2 aliphatic rings. The summed E-state index contributed by atoms with van der Waals surface area (Å²) in [7, 11) is 0. The van der Waals surface area contributed by atoms with Crippen LogP contribution in [0.15, 0.2) is 52.7 Å². The van der Waals surface area contributed by atoms with Crippen molar-refractivity contribution in [2.24, 2.45) is 0 Å². The molecule has 3 heterocycles. The minimum Gasteiger partial charge on any atom is -0.478 e. The van der Waals surface area contributed by atoms with E-state index in [2.05, 4.69) is 5.32 Å².